The van der Waals surface area contributed by atoms with E-state index in [1.54, 1.807) is 30.5 Å². The van der Waals surface area contributed by atoms with Gasteiger partial charge in [0.1, 0.15) is 11.2 Å². The summed E-state index contributed by atoms with van der Waals surface area (Å²) in [6.07, 6.45) is 8.14. The number of imidazole rings is 1. The highest BCUT2D eigenvalue weighted by Crippen LogP contribution is 2.39. The number of rotatable bonds is 4. The van der Waals surface area contributed by atoms with Crippen LogP contribution in [0.4, 0.5) is 0 Å². The van der Waals surface area contributed by atoms with E-state index in [9.17, 15) is 13.7 Å². The van der Waals surface area contributed by atoms with Crippen molar-refractivity contribution in [2.75, 3.05) is 13.1 Å². The third-order valence-corrected chi connectivity index (χ3v) is 9.11. The van der Waals surface area contributed by atoms with Gasteiger partial charge in [-0.15, -0.1) is 0 Å². The third kappa shape index (κ3) is 3.40. The molecular weight excluding hydrogens is 448 g/mol. The summed E-state index contributed by atoms with van der Waals surface area (Å²) in [7, 11) is -3.80. The molecule has 1 N–H and O–H groups in total. The zero-order chi connectivity index (χ0) is 23.3. The number of fused-ring (bicyclic) bond motifs is 3. The van der Waals surface area contributed by atoms with E-state index in [1.165, 1.54) is 0 Å². The van der Waals surface area contributed by atoms with Crippen LogP contribution < -0.4 is 0 Å². The highest BCUT2D eigenvalue weighted by atomic mass is 32.2. The fourth-order valence-electron chi connectivity index (χ4n) is 5.71. The van der Waals surface area contributed by atoms with E-state index in [2.05, 4.69) is 25.9 Å². The average Bonchev–Trinajstić information content (AvgIpc) is 3.62. The molecule has 0 amide bonds. The lowest BCUT2D eigenvalue weighted by atomic mass is 9.90. The average molecular weight is 475 g/mol. The Balaban J connectivity index is 1.42. The summed E-state index contributed by atoms with van der Waals surface area (Å²) < 4.78 is 29.4. The third-order valence-electron chi connectivity index (χ3n) is 7.45. The van der Waals surface area contributed by atoms with Crippen LogP contribution in [0.25, 0.3) is 22.1 Å². The number of aromatic nitrogens is 4. The molecule has 34 heavy (non-hydrogen) atoms. The first kappa shape index (κ1) is 21.3. The van der Waals surface area contributed by atoms with Gasteiger partial charge in [0.2, 0.25) is 15.0 Å². The number of nitrogens with one attached hydrogen (secondary N) is 1. The van der Waals surface area contributed by atoms with Gasteiger partial charge >= 0.3 is 0 Å². The first-order valence-corrected chi connectivity index (χ1v) is 13.3. The van der Waals surface area contributed by atoms with Crippen molar-refractivity contribution in [1.29, 1.82) is 5.26 Å². The second-order valence-corrected chi connectivity index (χ2v) is 11.2. The number of sulfone groups is 1. The number of hydrogen-bond donors (Lipinski definition) is 1. The highest BCUT2D eigenvalue weighted by Gasteiger charge is 2.35. The number of nitriles is 1. The van der Waals surface area contributed by atoms with Gasteiger partial charge in [0, 0.05) is 30.2 Å². The Morgan fingerprint density at radius 3 is 2.53 bits per heavy atom. The van der Waals surface area contributed by atoms with E-state index in [1.807, 2.05) is 22.9 Å². The normalized spacial score (nSPS) is 24.0. The van der Waals surface area contributed by atoms with Gasteiger partial charge in [0.05, 0.1) is 28.6 Å². The van der Waals surface area contributed by atoms with Gasteiger partial charge in [-0.25, -0.2) is 18.4 Å². The maximum absolute atomic E-state index is 13.7. The predicted octanol–water partition coefficient (Wildman–Crippen LogP) is 4.07. The van der Waals surface area contributed by atoms with E-state index in [4.69, 9.17) is 0 Å². The minimum absolute atomic E-state index is 0.0320. The summed E-state index contributed by atoms with van der Waals surface area (Å²) in [6.45, 7) is 1.83. The fraction of sp³-hybridized carbons (Fsp3) is 0.400. The number of likely N-dealkylation sites (tertiary alicyclic amines) is 1. The van der Waals surface area contributed by atoms with Gasteiger partial charge in [-0.1, -0.05) is 18.2 Å². The molecule has 0 spiro atoms. The summed E-state index contributed by atoms with van der Waals surface area (Å²) >= 11 is 0. The van der Waals surface area contributed by atoms with Gasteiger partial charge in [-0.05, 0) is 56.8 Å². The predicted molar refractivity (Wildman–Crippen MR) is 128 cm³/mol. The van der Waals surface area contributed by atoms with Crippen LogP contribution >= 0.6 is 0 Å². The molecule has 1 aliphatic heterocycles. The molecule has 1 aromatic carbocycles. The van der Waals surface area contributed by atoms with Crippen molar-refractivity contribution in [2.24, 2.45) is 5.92 Å². The summed E-state index contributed by atoms with van der Waals surface area (Å²) in [5, 5.41) is 10.3. The van der Waals surface area contributed by atoms with Crippen LogP contribution in [0.2, 0.25) is 0 Å². The summed E-state index contributed by atoms with van der Waals surface area (Å²) in [5.41, 5.74) is 2.15. The second-order valence-electron chi connectivity index (χ2n) is 9.38. The van der Waals surface area contributed by atoms with Crippen LogP contribution in [0, 0.1) is 17.2 Å². The van der Waals surface area contributed by atoms with E-state index in [0.717, 1.165) is 61.7 Å². The van der Waals surface area contributed by atoms with Crippen molar-refractivity contribution in [2.45, 2.75) is 54.2 Å². The Kier molecular flexibility index (Phi) is 5.15. The summed E-state index contributed by atoms with van der Waals surface area (Å²) in [6, 6.07) is 13.4. The van der Waals surface area contributed by atoms with E-state index in [-0.39, 0.29) is 22.0 Å². The maximum Gasteiger partial charge on any atom is 0.240 e. The van der Waals surface area contributed by atoms with Crippen molar-refractivity contribution in [3.05, 3.63) is 48.8 Å². The highest BCUT2D eigenvalue weighted by molar-refractivity contribution is 7.91. The van der Waals surface area contributed by atoms with E-state index < -0.39 is 9.84 Å². The van der Waals surface area contributed by atoms with Crippen molar-refractivity contribution >= 4 is 31.9 Å². The van der Waals surface area contributed by atoms with Crippen molar-refractivity contribution < 1.29 is 8.42 Å². The summed E-state index contributed by atoms with van der Waals surface area (Å²) in [5.74, 6) is 0.132. The van der Waals surface area contributed by atoms with Gasteiger partial charge in [-0.2, -0.15) is 5.26 Å². The van der Waals surface area contributed by atoms with Crippen LogP contribution in [0.5, 0.6) is 0 Å². The molecule has 4 aromatic rings. The smallest absolute Gasteiger partial charge is 0.240 e. The topological polar surface area (TPSA) is 108 Å². The molecule has 1 aliphatic carbocycles. The zero-order valence-electron chi connectivity index (χ0n) is 18.8. The number of nitrogens with zero attached hydrogens (tertiary/aromatic N) is 5. The fourth-order valence-corrected chi connectivity index (χ4v) is 7.15. The van der Waals surface area contributed by atoms with Gasteiger partial charge in [-0.3, -0.25) is 4.90 Å². The van der Waals surface area contributed by atoms with Crippen LogP contribution in [0.15, 0.2) is 58.8 Å². The van der Waals surface area contributed by atoms with E-state index >= 15 is 0 Å². The maximum atomic E-state index is 13.7. The molecule has 3 aromatic heterocycles. The van der Waals surface area contributed by atoms with Gasteiger partial charge in [0.15, 0.2) is 0 Å². The largest absolute Gasteiger partial charge is 0.346 e. The van der Waals surface area contributed by atoms with Crippen molar-refractivity contribution in [3.8, 4) is 6.07 Å². The molecule has 174 valence electrons. The van der Waals surface area contributed by atoms with Gasteiger partial charge in [0.25, 0.3) is 0 Å². The molecule has 1 saturated carbocycles. The zero-order valence-corrected chi connectivity index (χ0v) is 19.6. The quantitative estimate of drug-likeness (QED) is 0.478. The number of aromatic amines is 1. The molecule has 8 nitrogen and oxygen atoms in total. The molecule has 2 fully saturated rings. The number of pyridine rings is 1. The monoisotopic (exact) mass is 474 g/mol. The Morgan fingerprint density at radius 1 is 1.03 bits per heavy atom. The van der Waals surface area contributed by atoms with Crippen LogP contribution in [0.3, 0.4) is 0 Å². The Labute approximate surface area is 198 Å². The lowest BCUT2D eigenvalue weighted by Gasteiger charge is -2.35. The molecule has 0 bridgehead atoms. The molecule has 1 unspecified atom stereocenters. The number of H-pyrrole nitrogens is 1. The lowest BCUT2D eigenvalue weighted by molar-refractivity contribution is 0.162. The first-order chi connectivity index (χ1) is 16.6. The molecule has 0 radical (unpaired) electrons. The molecule has 1 saturated heterocycles. The first-order valence-electron chi connectivity index (χ1n) is 11.8. The number of hydrogen-bond acceptors (Lipinski definition) is 6. The standard InChI is InChI=1S/C25H26N6O2S/c26-14-17-11-13-30(16-17)18-6-8-19(9-7-18)31-23-21-10-12-27-24(21)28-15-22(23)29-25(31)34(32,33)20-4-2-1-3-5-20/h1-5,10,12,15,17-19H,6-9,11,13,16H2,(H,27,28). The Morgan fingerprint density at radius 2 is 1.79 bits per heavy atom. The Hall–Kier alpha value is -3.22. The van der Waals surface area contributed by atoms with Crippen molar-refractivity contribution in [3.63, 3.8) is 0 Å². The van der Waals surface area contributed by atoms with Crippen LogP contribution in [-0.4, -0.2) is 52.0 Å². The van der Waals surface area contributed by atoms with Crippen LogP contribution in [0.1, 0.15) is 38.1 Å². The lowest BCUT2D eigenvalue weighted by Crippen LogP contribution is -2.37. The Bertz CT molecular complexity index is 1490. The molecule has 4 heterocycles. The van der Waals surface area contributed by atoms with Gasteiger partial charge < -0.3 is 9.55 Å². The molecule has 6 rings (SSSR count). The van der Waals surface area contributed by atoms with Crippen LogP contribution in [-0.2, 0) is 9.84 Å². The number of benzene rings is 1. The SMILES string of the molecule is N#CC1CCN(C2CCC(n3c(S(=O)(=O)c4ccccc4)nc4cnc5[nH]ccc5c43)CC2)C1. The summed E-state index contributed by atoms with van der Waals surface area (Å²) in [4.78, 5) is 14.9. The molecule has 2 aliphatic rings. The van der Waals surface area contributed by atoms with Crippen molar-refractivity contribution in [1.82, 2.24) is 24.4 Å². The molecule has 9 heteroatoms. The van der Waals surface area contributed by atoms with E-state index in [0.29, 0.717) is 11.6 Å². The minimum atomic E-state index is -3.80. The minimum Gasteiger partial charge on any atom is -0.346 e. The molecular formula is C25H26N6O2S. The molecule has 1 atom stereocenters. The second kappa shape index (κ2) is 8.22.